The first kappa shape index (κ1) is 13.9. The summed E-state index contributed by atoms with van der Waals surface area (Å²) in [6, 6.07) is 14.1. The van der Waals surface area contributed by atoms with Crippen LogP contribution in [0.5, 0.6) is 0 Å². The molecule has 20 heavy (non-hydrogen) atoms. The van der Waals surface area contributed by atoms with E-state index < -0.39 is 0 Å². The zero-order chi connectivity index (χ0) is 14.5. The van der Waals surface area contributed by atoms with Gasteiger partial charge in [0.1, 0.15) is 21.9 Å². The van der Waals surface area contributed by atoms with Gasteiger partial charge in [-0.3, -0.25) is 0 Å². The van der Waals surface area contributed by atoms with Crippen LogP contribution in [0.1, 0.15) is 15.3 Å². The van der Waals surface area contributed by atoms with Crippen LogP contribution >= 0.6 is 11.3 Å². The van der Waals surface area contributed by atoms with E-state index in [1.54, 1.807) is 0 Å². The first-order valence-electron chi connectivity index (χ1n) is 6.04. The van der Waals surface area contributed by atoms with Crippen LogP contribution in [0.2, 0.25) is 0 Å². The minimum Gasteiger partial charge on any atom is -0.383 e. The van der Waals surface area contributed by atoms with Crippen LogP contribution in [-0.2, 0) is 0 Å². The first-order chi connectivity index (χ1) is 9.67. The third-order valence-electron chi connectivity index (χ3n) is 2.75. The molecular formula is C16H13N3S. The number of nitrogens with zero attached hydrogens (tertiary/aromatic N) is 3. The molecule has 0 saturated carbocycles. The second-order valence-corrected chi connectivity index (χ2v) is 5.44. The van der Waals surface area contributed by atoms with Crippen LogP contribution in [0.25, 0.3) is 17.2 Å². The van der Waals surface area contributed by atoms with Gasteiger partial charge in [0.25, 0.3) is 0 Å². The molecular weight excluding hydrogens is 266 g/mol. The van der Waals surface area contributed by atoms with Crippen molar-refractivity contribution in [2.24, 2.45) is 0 Å². The molecule has 1 aromatic carbocycles. The van der Waals surface area contributed by atoms with Gasteiger partial charge < -0.3 is 4.90 Å². The van der Waals surface area contributed by atoms with E-state index in [9.17, 15) is 10.5 Å². The van der Waals surface area contributed by atoms with Crippen LogP contribution in [0.4, 0.5) is 0 Å². The smallest absolute Gasteiger partial charge is 0.114 e. The molecule has 1 heterocycles. The summed E-state index contributed by atoms with van der Waals surface area (Å²) in [6.45, 7) is 0. The summed E-state index contributed by atoms with van der Waals surface area (Å²) in [7, 11) is 3.84. The Balaban J connectivity index is 2.69. The van der Waals surface area contributed by atoms with Gasteiger partial charge >= 0.3 is 0 Å². The fourth-order valence-corrected chi connectivity index (χ4v) is 2.79. The molecule has 0 radical (unpaired) electrons. The molecule has 0 unspecified atom stereocenters. The van der Waals surface area contributed by atoms with Crippen LogP contribution in [0.15, 0.2) is 36.5 Å². The molecule has 0 N–H and O–H groups in total. The molecule has 0 amide bonds. The number of hydrogen-bond acceptors (Lipinski definition) is 4. The van der Waals surface area contributed by atoms with E-state index in [4.69, 9.17) is 0 Å². The minimum atomic E-state index is 0.568. The monoisotopic (exact) mass is 279 g/mol. The normalized spacial score (nSPS) is 10.2. The van der Waals surface area contributed by atoms with Crippen LogP contribution in [-0.4, -0.2) is 19.0 Å². The summed E-state index contributed by atoms with van der Waals surface area (Å²) in [6.07, 6.45) is 3.77. The van der Waals surface area contributed by atoms with Gasteiger partial charge in [0, 0.05) is 25.2 Å². The lowest BCUT2D eigenvalue weighted by molar-refractivity contribution is 0.567. The van der Waals surface area contributed by atoms with Crippen molar-refractivity contribution in [1.29, 1.82) is 10.5 Å². The van der Waals surface area contributed by atoms with Crippen molar-refractivity contribution in [3.63, 3.8) is 0 Å². The quantitative estimate of drug-likeness (QED) is 0.861. The van der Waals surface area contributed by atoms with E-state index in [1.165, 1.54) is 11.3 Å². The average Bonchev–Trinajstić information content (AvgIpc) is 2.83. The fourth-order valence-electron chi connectivity index (χ4n) is 1.88. The maximum absolute atomic E-state index is 9.31. The molecule has 1 aromatic heterocycles. The van der Waals surface area contributed by atoms with E-state index >= 15 is 0 Å². The van der Waals surface area contributed by atoms with Crippen molar-refractivity contribution in [2.45, 2.75) is 0 Å². The molecule has 2 rings (SSSR count). The Morgan fingerprint density at radius 3 is 2.25 bits per heavy atom. The van der Waals surface area contributed by atoms with Crippen LogP contribution in [0.3, 0.4) is 0 Å². The largest absolute Gasteiger partial charge is 0.383 e. The van der Waals surface area contributed by atoms with E-state index in [0.29, 0.717) is 9.75 Å². The molecule has 0 bridgehead atoms. The summed E-state index contributed by atoms with van der Waals surface area (Å²) < 4.78 is 0. The maximum Gasteiger partial charge on any atom is 0.114 e. The van der Waals surface area contributed by atoms with E-state index in [2.05, 4.69) is 12.1 Å². The lowest BCUT2D eigenvalue weighted by Crippen LogP contribution is -1.99. The third-order valence-corrected chi connectivity index (χ3v) is 3.76. The van der Waals surface area contributed by atoms with Crippen molar-refractivity contribution in [1.82, 2.24) is 4.90 Å². The zero-order valence-electron chi connectivity index (χ0n) is 11.3. The topological polar surface area (TPSA) is 50.8 Å². The molecule has 4 heteroatoms. The molecule has 0 aliphatic heterocycles. The Bertz CT molecular complexity index is 713. The highest BCUT2D eigenvalue weighted by Crippen LogP contribution is 2.36. The number of thiophene rings is 1. The summed E-state index contributed by atoms with van der Waals surface area (Å²) in [5, 5.41) is 18.6. The van der Waals surface area contributed by atoms with Gasteiger partial charge in [-0.15, -0.1) is 11.3 Å². The second kappa shape index (κ2) is 6.06. The van der Waals surface area contributed by atoms with Crippen molar-refractivity contribution in [3.05, 3.63) is 51.8 Å². The summed E-state index contributed by atoms with van der Waals surface area (Å²) >= 11 is 1.24. The van der Waals surface area contributed by atoms with Gasteiger partial charge in [0.2, 0.25) is 0 Å². The van der Waals surface area contributed by atoms with Gasteiger partial charge in [-0.05, 0) is 17.8 Å². The highest BCUT2D eigenvalue weighted by molar-refractivity contribution is 7.13. The van der Waals surface area contributed by atoms with Crippen molar-refractivity contribution >= 4 is 17.4 Å². The summed E-state index contributed by atoms with van der Waals surface area (Å²) in [5.74, 6) is 0. The Labute approximate surface area is 122 Å². The van der Waals surface area contributed by atoms with E-state index in [0.717, 1.165) is 16.7 Å². The number of hydrogen-bond donors (Lipinski definition) is 0. The Kier molecular flexibility index (Phi) is 4.20. The zero-order valence-corrected chi connectivity index (χ0v) is 12.1. The molecule has 3 nitrogen and oxygen atoms in total. The molecule has 0 spiro atoms. The standard InChI is InChI=1S/C16H13N3S/c1-19(2)9-8-13-14(10-17)20-15(11-18)16(13)12-6-4-3-5-7-12/h3-9H,1-2H3. The van der Waals surface area contributed by atoms with Gasteiger partial charge in [0.05, 0.1) is 0 Å². The van der Waals surface area contributed by atoms with Crippen molar-refractivity contribution in [2.75, 3.05) is 14.1 Å². The molecule has 0 saturated heterocycles. The highest BCUT2D eigenvalue weighted by atomic mass is 32.1. The summed E-state index contributed by atoms with van der Waals surface area (Å²) in [5.41, 5.74) is 2.61. The van der Waals surface area contributed by atoms with Gasteiger partial charge in [-0.1, -0.05) is 30.3 Å². The summed E-state index contributed by atoms with van der Waals surface area (Å²) in [4.78, 5) is 3.05. The SMILES string of the molecule is CN(C)C=Cc1c(C#N)sc(C#N)c1-c1ccccc1. The Hall–Kier alpha value is -2.56. The van der Waals surface area contributed by atoms with Crippen molar-refractivity contribution in [3.8, 4) is 23.3 Å². The molecule has 0 fully saturated rings. The lowest BCUT2D eigenvalue weighted by Gasteiger charge is -2.05. The van der Waals surface area contributed by atoms with Crippen LogP contribution in [0, 0.1) is 22.7 Å². The van der Waals surface area contributed by atoms with Crippen molar-refractivity contribution < 1.29 is 0 Å². The van der Waals surface area contributed by atoms with E-state index in [-0.39, 0.29) is 0 Å². The predicted octanol–water partition coefficient (Wildman–Crippen LogP) is 3.69. The molecule has 98 valence electrons. The number of benzene rings is 1. The van der Waals surface area contributed by atoms with Gasteiger partial charge in [0.15, 0.2) is 0 Å². The second-order valence-electron chi connectivity index (χ2n) is 4.42. The molecule has 0 aliphatic carbocycles. The van der Waals surface area contributed by atoms with Crippen LogP contribution < -0.4 is 0 Å². The number of nitriles is 2. The first-order valence-corrected chi connectivity index (χ1v) is 6.86. The van der Waals surface area contributed by atoms with Gasteiger partial charge in [-0.2, -0.15) is 10.5 Å². The molecule has 0 atom stereocenters. The van der Waals surface area contributed by atoms with Gasteiger partial charge in [-0.25, -0.2) is 0 Å². The fraction of sp³-hybridized carbons (Fsp3) is 0.125. The van der Waals surface area contributed by atoms with E-state index in [1.807, 2.05) is 61.6 Å². The average molecular weight is 279 g/mol. The lowest BCUT2D eigenvalue weighted by atomic mass is 10.0. The predicted molar refractivity (Wildman–Crippen MR) is 81.9 cm³/mol. The molecule has 0 aliphatic rings. The third kappa shape index (κ3) is 2.71. The number of rotatable bonds is 3. The minimum absolute atomic E-state index is 0.568. The molecule has 2 aromatic rings. The highest BCUT2D eigenvalue weighted by Gasteiger charge is 2.17. The Morgan fingerprint density at radius 1 is 1.05 bits per heavy atom. The maximum atomic E-state index is 9.31. The Morgan fingerprint density at radius 2 is 1.70 bits per heavy atom.